The van der Waals surface area contributed by atoms with Crippen LogP contribution in [0.1, 0.15) is 12.5 Å². The van der Waals surface area contributed by atoms with E-state index in [-0.39, 0.29) is 32.2 Å². The summed E-state index contributed by atoms with van der Waals surface area (Å²) >= 11 is 17.7. The molecule has 0 N–H and O–H groups in total. The highest BCUT2D eigenvalue weighted by atomic mass is 35.5. The van der Waals surface area contributed by atoms with Gasteiger partial charge in [0.1, 0.15) is 4.90 Å². The summed E-state index contributed by atoms with van der Waals surface area (Å²) < 4.78 is 65.4. The van der Waals surface area contributed by atoms with Crippen LogP contribution in [0.15, 0.2) is 41.3 Å². The molecule has 0 amide bonds. The van der Waals surface area contributed by atoms with Crippen LogP contribution in [0.2, 0.25) is 15.1 Å². The van der Waals surface area contributed by atoms with Crippen LogP contribution in [0.4, 0.5) is 18.9 Å². The molecule has 0 fully saturated rings. The summed E-state index contributed by atoms with van der Waals surface area (Å²) in [4.78, 5) is -0.322. The summed E-state index contributed by atoms with van der Waals surface area (Å²) in [5.41, 5.74) is -1.31. The molecule has 2 aromatic carbocycles. The maximum atomic E-state index is 13.0. The summed E-state index contributed by atoms with van der Waals surface area (Å²) in [5, 5.41) is -0.128. The Bertz CT molecular complexity index is 901. The van der Waals surface area contributed by atoms with Crippen molar-refractivity contribution in [2.24, 2.45) is 0 Å². The highest BCUT2D eigenvalue weighted by Crippen LogP contribution is 2.38. The first-order valence-corrected chi connectivity index (χ1v) is 9.40. The van der Waals surface area contributed by atoms with E-state index in [0.29, 0.717) is 6.07 Å². The highest BCUT2D eigenvalue weighted by Gasteiger charge is 2.34. The zero-order valence-electron chi connectivity index (χ0n) is 12.6. The van der Waals surface area contributed by atoms with Crippen molar-refractivity contribution in [2.75, 3.05) is 10.8 Å². The van der Waals surface area contributed by atoms with Crippen LogP contribution in [-0.4, -0.2) is 15.0 Å². The van der Waals surface area contributed by atoms with Crippen LogP contribution < -0.4 is 4.31 Å². The first-order chi connectivity index (χ1) is 11.5. The fourth-order valence-electron chi connectivity index (χ4n) is 2.14. The minimum Gasteiger partial charge on any atom is -0.265 e. The topological polar surface area (TPSA) is 37.4 Å². The fourth-order valence-corrected chi connectivity index (χ4v) is 4.64. The largest absolute Gasteiger partial charge is 0.416 e. The van der Waals surface area contributed by atoms with Crippen LogP contribution in [0.5, 0.6) is 0 Å². The molecular formula is C15H11Cl3F3NO2S. The number of rotatable bonds is 4. The number of nitrogens with zero attached hydrogens (tertiary/aromatic N) is 1. The third-order valence-electron chi connectivity index (χ3n) is 3.29. The van der Waals surface area contributed by atoms with E-state index in [9.17, 15) is 21.6 Å². The summed E-state index contributed by atoms with van der Waals surface area (Å²) in [5.74, 6) is 0. The first kappa shape index (κ1) is 20.2. The lowest BCUT2D eigenvalue weighted by molar-refractivity contribution is -0.137. The summed E-state index contributed by atoms with van der Waals surface area (Å²) in [6.07, 6.45) is -4.64. The van der Waals surface area contributed by atoms with Crippen molar-refractivity contribution in [3.63, 3.8) is 0 Å². The van der Waals surface area contributed by atoms with Gasteiger partial charge in [-0.15, -0.1) is 0 Å². The van der Waals surface area contributed by atoms with Crippen molar-refractivity contribution < 1.29 is 21.6 Å². The Labute approximate surface area is 158 Å². The Morgan fingerprint density at radius 2 is 1.60 bits per heavy atom. The van der Waals surface area contributed by atoms with Gasteiger partial charge in [-0.25, -0.2) is 8.42 Å². The first-order valence-electron chi connectivity index (χ1n) is 6.83. The van der Waals surface area contributed by atoms with Gasteiger partial charge in [-0.1, -0.05) is 34.8 Å². The second-order valence-corrected chi connectivity index (χ2v) is 7.99. The molecule has 25 heavy (non-hydrogen) atoms. The third kappa shape index (κ3) is 4.16. The van der Waals surface area contributed by atoms with E-state index >= 15 is 0 Å². The lowest BCUT2D eigenvalue weighted by Gasteiger charge is -2.25. The van der Waals surface area contributed by atoms with E-state index in [2.05, 4.69) is 0 Å². The Kier molecular flexibility index (Phi) is 5.83. The van der Waals surface area contributed by atoms with Gasteiger partial charge in [-0.3, -0.25) is 4.31 Å². The number of sulfonamides is 1. The van der Waals surface area contributed by atoms with Gasteiger partial charge in [-0.2, -0.15) is 13.2 Å². The highest BCUT2D eigenvalue weighted by molar-refractivity contribution is 7.93. The van der Waals surface area contributed by atoms with Crippen molar-refractivity contribution in [2.45, 2.75) is 18.0 Å². The van der Waals surface area contributed by atoms with Crippen LogP contribution in [-0.2, 0) is 16.2 Å². The zero-order valence-corrected chi connectivity index (χ0v) is 15.7. The molecule has 136 valence electrons. The van der Waals surface area contributed by atoms with Crippen LogP contribution in [0.3, 0.4) is 0 Å². The van der Waals surface area contributed by atoms with Crippen molar-refractivity contribution in [1.82, 2.24) is 0 Å². The molecule has 0 bridgehead atoms. The second kappa shape index (κ2) is 7.23. The predicted octanol–water partition coefficient (Wildman–Crippen LogP) is 5.88. The maximum Gasteiger partial charge on any atom is 0.416 e. The van der Waals surface area contributed by atoms with E-state index in [1.54, 1.807) is 0 Å². The Balaban J connectivity index is 2.65. The molecule has 0 saturated heterocycles. The molecule has 0 radical (unpaired) electrons. The molecule has 2 aromatic rings. The SMILES string of the molecule is CCN(c1cc(C(F)(F)F)ccc1Cl)S(=O)(=O)c1cc(Cl)ccc1Cl. The van der Waals surface area contributed by atoms with Gasteiger partial charge in [0.15, 0.2) is 0 Å². The zero-order chi connectivity index (χ0) is 19.0. The Morgan fingerprint density at radius 1 is 1.00 bits per heavy atom. The van der Waals surface area contributed by atoms with Gasteiger partial charge in [0.05, 0.1) is 21.3 Å². The standard InChI is InChI=1S/C15H11Cl3F3NO2S/c1-2-22(13-7-9(15(19,20)21)3-5-11(13)17)25(23,24)14-8-10(16)4-6-12(14)18/h3-8H,2H2,1H3. The molecule has 0 unspecified atom stereocenters. The second-order valence-electron chi connectivity index (χ2n) is 4.91. The molecule has 0 aliphatic rings. The molecule has 3 nitrogen and oxygen atoms in total. The van der Waals surface area contributed by atoms with E-state index in [4.69, 9.17) is 34.8 Å². The number of hydrogen-bond acceptors (Lipinski definition) is 2. The van der Waals surface area contributed by atoms with E-state index in [0.717, 1.165) is 22.5 Å². The van der Waals surface area contributed by atoms with Crippen molar-refractivity contribution in [3.8, 4) is 0 Å². The summed E-state index contributed by atoms with van der Waals surface area (Å²) in [6, 6.07) is 6.27. The van der Waals surface area contributed by atoms with E-state index in [1.807, 2.05) is 0 Å². The van der Waals surface area contributed by atoms with Gasteiger partial charge in [0.2, 0.25) is 0 Å². The lowest BCUT2D eigenvalue weighted by Crippen LogP contribution is -2.31. The molecule has 0 spiro atoms. The van der Waals surface area contributed by atoms with Crippen LogP contribution in [0.25, 0.3) is 0 Å². The Morgan fingerprint density at radius 3 is 2.16 bits per heavy atom. The van der Waals surface area contributed by atoms with Crippen molar-refractivity contribution in [1.29, 1.82) is 0 Å². The monoisotopic (exact) mass is 431 g/mol. The van der Waals surface area contributed by atoms with E-state index < -0.39 is 21.8 Å². The average Bonchev–Trinajstić information content (AvgIpc) is 2.50. The molecule has 0 aliphatic carbocycles. The molecule has 2 rings (SSSR count). The smallest absolute Gasteiger partial charge is 0.265 e. The number of anilines is 1. The predicted molar refractivity (Wildman–Crippen MR) is 93.1 cm³/mol. The molecule has 0 saturated carbocycles. The lowest BCUT2D eigenvalue weighted by atomic mass is 10.2. The van der Waals surface area contributed by atoms with Crippen molar-refractivity contribution in [3.05, 3.63) is 57.0 Å². The average molecular weight is 433 g/mol. The Hall–Kier alpha value is -1.15. The minimum atomic E-state index is -4.64. The molecule has 0 atom stereocenters. The quantitative estimate of drug-likeness (QED) is 0.605. The summed E-state index contributed by atoms with van der Waals surface area (Å²) in [6.45, 7) is 1.30. The molecule has 0 heterocycles. The van der Waals surface area contributed by atoms with Crippen LogP contribution in [0, 0.1) is 0 Å². The molecule has 0 aromatic heterocycles. The maximum absolute atomic E-state index is 13.0. The third-order valence-corrected chi connectivity index (χ3v) is 6.22. The van der Waals surface area contributed by atoms with Crippen LogP contribution >= 0.6 is 34.8 Å². The number of halogens is 6. The molecular weight excluding hydrogens is 422 g/mol. The fraction of sp³-hybridized carbons (Fsp3) is 0.200. The van der Waals surface area contributed by atoms with Gasteiger partial charge < -0.3 is 0 Å². The normalized spacial score (nSPS) is 12.3. The number of alkyl halides is 3. The van der Waals surface area contributed by atoms with Gasteiger partial charge in [-0.05, 0) is 43.3 Å². The van der Waals surface area contributed by atoms with Crippen molar-refractivity contribution >= 4 is 50.5 Å². The van der Waals surface area contributed by atoms with Gasteiger partial charge in [0, 0.05) is 11.6 Å². The summed E-state index contributed by atoms with van der Waals surface area (Å²) in [7, 11) is -4.28. The van der Waals surface area contributed by atoms with E-state index in [1.165, 1.54) is 19.1 Å². The number of hydrogen-bond donors (Lipinski definition) is 0. The van der Waals surface area contributed by atoms with Gasteiger partial charge in [0.25, 0.3) is 10.0 Å². The van der Waals surface area contributed by atoms with Gasteiger partial charge >= 0.3 is 6.18 Å². The molecule has 0 aliphatic heterocycles. The molecule has 10 heteroatoms. The minimum absolute atomic E-state index is 0.106. The number of benzene rings is 2.